The van der Waals surface area contributed by atoms with Crippen LogP contribution >= 0.6 is 15.9 Å². The molecule has 2 aromatic carbocycles. The minimum Gasteiger partial charge on any atom is -0.485 e. The number of amides is 1. The van der Waals surface area contributed by atoms with Gasteiger partial charge in [0.1, 0.15) is 24.6 Å². The SMILES string of the molecule is CC(=O)NCCOc1cc2ncnc(Nc3ccc(Br)cc3F)c2cc1[N+](=O)[O-]. The number of anilines is 2. The first-order valence-electron chi connectivity index (χ1n) is 8.37. The topological polar surface area (TPSA) is 119 Å². The fourth-order valence-corrected chi connectivity index (χ4v) is 2.87. The summed E-state index contributed by atoms with van der Waals surface area (Å²) in [5, 5.41) is 17.2. The molecule has 29 heavy (non-hydrogen) atoms. The van der Waals surface area contributed by atoms with Crippen LogP contribution in [-0.4, -0.2) is 34.0 Å². The van der Waals surface area contributed by atoms with E-state index < -0.39 is 10.7 Å². The number of nitro groups is 1. The third-order valence-corrected chi connectivity index (χ3v) is 4.32. The van der Waals surface area contributed by atoms with Crippen molar-refractivity contribution in [2.45, 2.75) is 6.92 Å². The van der Waals surface area contributed by atoms with Crippen LogP contribution in [0.4, 0.5) is 21.6 Å². The Morgan fingerprint density at radius 2 is 2.10 bits per heavy atom. The van der Waals surface area contributed by atoms with Crippen LogP contribution in [0, 0.1) is 15.9 Å². The Hall–Kier alpha value is -3.34. The summed E-state index contributed by atoms with van der Waals surface area (Å²) in [6.45, 7) is 1.61. The van der Waals surface area contributed by atoms with E-state index >= 15 is 0 Å². The van der Waals surface area contributed by atoms with Crippen molar-refractivity contribution in [1.29, 1.82) is 0 Å². The van der Waals surface area contributed by atoms with Gasteiger partial charge in [0.25, 0.3) is 0 Å². The van der Waals surface area contributed by atoms with Crippen LogP contribution in [0.15, 0.2) is 41.1 Å². The van der Waals surface area contributed by atoms with E-state index in [0.29, 0.717) is 15.4 Å². The molecule has 0 saturated carbocycles. The highest BCUT2D eigenvalue weighted by Crippen LogP contribution is 2.35. The van der Waals surface area contributed by atoms with E-state index in [1.54, 1.807) is 6.07 Å². The van der Waals surface area contributed by atoms with Gasteiger partial charge in [0.15, 0.2) is 5.75 Å². The van der Waals surface area contributed by atoms with Crippen molar-refractivity contribution in [3.63, 3.8) is 0 Å². The van der Waals surface area contributed by atoms with Crippen LogP contribution in [0.25, 0.3) is 10.9 Å². The lowest BCUT2D eigenvalue weighted by molar-refractivity contribution is -0.385. The van der Waals surface area contributed by atoms with Gasteiger partial charge in [-0.25, -0.2) is 14.4 Å². The molecule has 3 rings (SSSR count). The molecule has 0 atom stereocenters. The number of ether oxygens (including phenoxy) is 1. The number of rotatable bonds is 7. The van der Waals surface area contributed by atoms with Crippen LogP contribution in [-0.2, 0) is 4.79 Å². The van der Waals surface area contributed by atoms with Crippen molar-refractivity contribution in [1.82, 2.24) is 15.3 Å². The Morgan fingerprint density at radius 3 is 2.79 bits per heavy atom. The van der Waals surface area contributed by atoms with E-state index in [-0.39, 0.29) is 42.0 Å². The Morgan fingerprint density at radius 1 is 1.31 bits per heavy atom. The molecule has 0 aliphatic heterocycles. The van der Waals surface area contributed by atoms with Crippen LogP contribution in [0.5, 0.6) is 5.75 Å². The molecule has 2 N–H and O–H groups in total. The fourth-order valence-electron chi connectivity index (χ4n) is 2.54. The lowest BCUT2D eigenvalue weighted by Crippen LogP contribution is -2.25. The summed E-state index contributed by atoms with van der Waals surface area (Å²) >= 11 is 3.18. The van der Waals surface area contributed by atoms with Gasteiger partial charge in [0.2, 0.25) is 5.91 Å². The highest BCUT2D eigenvalue weighted by molar-refractivity contribution is 9.10. The zero-order valence-electron chi connectivity index (χ0n) is 15.1. The second-order valence-corrected chi connectivity index (χ2v) is 6.81. The maximum absolute atomic E-state index is 14.1. The van der Waals surface area contributed by atoms with E-state index in [1.165, 1.54) is 37.5 Å². The second-order valence-electron chi connectivity index (χ2n) is 5.90. The number of nitrogens with zero attached hydrogens (tertiary/aromatic N) is 3. The molecule has 1 aromatic heterocycles. The van der Waals surface area contributed by atoms with Gasteiger partial charge in [0, 0.05) is 23.5 Å². The third kappa shape index (κ3) is 4.93. The molecule has 11 heteroatoms. The molecule has 1 heterocycles. The Balaban J connectivity index is 1.95. The number of hydrogen-bond donors (Lipinski definition) is 2. The molecular weight excluding hydrogens is 449 g/mol. The van der Waals surface area contributed by atoms with Crippen molar-refractivity contribution >= 4 is 49.9 Å². The number of benzene rings is 2. The third-order valence-electron chi connectivity index (χ3n) is 3.83. The van der Waals surface area contributed by atoms with Crippen LogP contribution < -0.4 is 15.4 Å². The van der Waals surface area contributed by atoms with E-state index in [9.17, 15) is 19.3 Å². The van der Waals surface area contributed by atoms with Gasteiger partial charge in [-0.2, -0.15) is 0 Å². The zero-order chi connectivity index (χ0) is 21.0. The summed E-state index contributed by atoms with van der Waals surface area (Å²) in [7, 11) is 0. The minimum absolute atomic E-state index is 0.00678. The van der Waals surface area contributed by atoms with Crippen molar-refractivity contribution in [2.24, 2.45) is 0 Å². The number of carbonyl (C=O) groups excluding carboxylic acids is 1. The first-order chi connectivity index (χ1) is 13.8. The predicted octanol–water partition coefficient (Wildman–Crippen LogP) is 3.70. The van der Waals surface area contributed by atoms with Gasteiger partial charge in [-0.15, -0.1) is 0 Å². The first-order valence-corrected chi connectivity index (χ1v) is 9.17. The summed E-state index contributed by atoms with van der Waals surface area (Å²) in [6.07, 6.45) is 1.26. The summed E-state index contributed by atoms with van der Waals surface area (Å²) in [5.74, 6) is -0.528. The standard InChI is InChI=1S/C18H15BrFN5O4/c1-10(26)21-4-5-29-17-8-15-12(7-16(17)25(27)28)18(23-9-22-15)24-14-3-2-11(19)6-13(14)20/h2-3,6-9H,4-5H2,1H3,(H,21,26)(H,22,23,24). The monoisotopic (exact) mass is 463 g/mol. The van der Waals surface area contributed by atoms with Crippen molar-refractivity contribution < 1.29 is 18.8 Å². The van der Waals surface area contributed by atoms with Gasteiger partial charge in [0.05, 0.1) is 28.1 Å². The number of halogens is 2. The molecule has 0 spiro atoms. The molecule has 1 amide bonds. The maximum atomic E-state index is 14.1. The zero-order valence-corrected chi connectivity index (χ0v) is 16.7. The predicted molar refractivity (Wildman–Crippen MR) is 108 cm³/mol. The number of nitro benzene ring substituents is 1. The van der Waals surface area contributed by atoms with Gasteiger partial charge >= 0.3 is 5.69 Å². The van der Waals surface area contributed by atoms with Crippen molar-refractivity contribution in [3.05, 3.63) is 57.1 Å². The normalized spacial score (nSPS) is 10.6. The average Bonchev–Trinajstić information content (AvgIpc) is 2.66. The molecule has 3 aromatic rings. The molecular formula is C18H15BrFN5O4. The van der Waals surface area contributed by atoms with E-state index in [2.05, 4.69) is 36.5 Å². The summed E-state index contributed by atoms with van der Waals surface area (Å²) in [4.78, 5) is 30.0. The number of aromatic nitrogens is 2. The molecule has 0 unspecified atom stereocenters. The molecule has 0 radical (unpaired) electrons. The average molecular weight is 464 g/mol. The van der Waals surface area contributed by atoms with Gasteiger partial charge in [-0.1, -0.05) is 15.9 Å². The minimum atomic E-state index is -0.593. The summed E-state index contributed by atoms with van der Waals surface area (Å²) < 4.78 is 20.2. The Kier molecular flexibility index (Phi) is 6.17. The molecule has 0 aliphatic carbocycles. The summed E-state index contributed by atoms with van der Waals surface area (Å²) in [6, 6.07) is 7.13. The van der Waals surface area contributed by atoms with Crippen LogP contribution in [0.3, 0.4) is 0 Å². The van der Waals surface area contributed by atoms with Gasteiger partial charge < -0.3 is 15.4 Å². The van der Waals surface area contributed by atoms with Gasteiger partial charge in [-0.05, 0) is 18.2 Å². The molecule has 0 saturated heterocycles. The molecule has 0 aliphatic rings. The van der Waals surface area contributed by atoms with Crippen molar-refractivity contribution in [3.8, 4) is 5.75 Å². The molecule has 9 nitrogen and oxygen atoms in total. The number of carbonyl (C=O) groups is 1. The lowest BCUT2D eigenvalue weighted by Gasteiger charge is -2.11. The number of nitrogens with one attached hydrogen (secondary N) is 2. The van der Waals surface area contributed by atoms with E-state index in [0.717, 1.165) is 0 Å². The van der Waals surface area contributed by atoms with E-state index in [1.807, 2.05) is 0 Å². The highest BCUT2D eigenvalue weighted by atomic mass is 79.9. The first kappa shape index (κ1) is 20.4. The molecule has 150 valence electrons. The molecule has 0 bridgehead atoms. The smallest absolute Gasteiger partial charge is 0.311 e. The maximum Gasteiger partial charge on any atom is 0.311 e. The highest BCUT2D eigenvalue weighted by Gasteiger charge is 2.19. The number of hydrogen-bond acceptors (Lipinski definition) is 7. The van der Waals surface area contributed by atoms with E-state index in [4.69, 9.17) is 4.74 Å². The quantitative estimate of drug-likeness (QED) is 0.311. The Labute approximate surface area is 172 Å². The lowest BCUT2D eigenvalue weighted by atomic mass is 10.2. The van der Waals surface area contributed by atoms with Crippen LogP contribution in [0.1, 0.15) is 6.92 Å². The Bertz CT molecular complexity index is 1100. The van der Waals surface area contributed by atoms with Crippen LogP contribution in [0.2, 0.25) is 0 Å². The number of fused-ring (bicyclic) bond motifs is 1. The largest absolute Gasteiger partial charge is 0.485 e. The summed E-state index contributed by atoms with van der Waals surface area (Å²) in [5.41, 5.74) is 0.237. The molecule has 0 fully saturated rings. The van der Waals surface area contributed by atoms with Gasteiger partial charge in [-0.3, -0.25) is 14.9 Å². The van der Waals surface area contributed by atoms with Crippen molar-refractivity contribution in [2.75, 3.05) is 18.5 Å². The fraction of sp³-hybridized carbons (Fsp3) is 0.167. The second kappa shape index (κ2) is 8.78.